The van der Waals surface area contributed by atoms with E-state index in [-0.39, 0.29) is 28.9 Å². The first kappa shape index (κ1) is 19.8. The summed E-state index contributed by atoms with van der Waals surface area (Å²) in [5.41, 5.74) is 2.01. The minimum absolute atomic E-state index is 0.0319. The number of Topliss-reactive ketones (excluding diaryl/α,β-unsaturated/α-hetero) is 1. The Morgan fingerprint density at radius 2 is 1.94 bits per heavy atom. The van der Waals surface area contributed by atoms with Crippen LogP contribution in [0.15, 0.2) is 72.6 Å². The number of para-hydroxylation sites is 2. The van der Waals surface area contributed by atoms with Gasteiger partial charge in [0.25, 0.3) is 11.7 Å². The Kier molecular flexibility index (Phi) is 4.66. The van der Waals surface area contributed by atoms with Gasteiger partial charge in [-0.3, -0.25) is 19.5 Å². The molecule has 1 amide bonds. The van der Waals surface area contributed by atoms with E-state index < -0.39 is 17.7 Å². The van der Waals surface area contributed by atoms with E-state index in [1.54, 1.807) is 54.7 Å². The molecule has 0 radical (unpaired) electrons. The van der Waals surface area contributed by atoms with E-state index in [1.807, 2.05) is 6.92 Å². The number of rotatable bonds is 3. The lowest BCUT2D eigenvalue weighted by atomic mass is 9.95. The number of benzene rings is 2. The van der Waals surface area contributed by atoms with Crippen LogP contribution in [0.2, 0.25) is 0 Å². The molecule has 2 aliphatic rings. The molecule has 2 N–H and O–H groups in total. The standard InChI is InChI=1S/C25H20N2O5/c1-14-11-17-12-15(8-9-20(17)32-14)23(29)21-22(16-5-4-10-26-13-16)27(25(31)24(21)30)18-6-2-3-7-19(18)28/h2-10,12-14,22,28-29H,11H2,1H3/b23-21-. The number of aliphatic hydroxyl groups excluding tert-OH is 1. The SMILES string of the molecule is CC1Cc2cc(/C(O)=C3/C(=O)C(=O)N(c4ccccc4O)C3c3cccnc3)ccc2O1. The van der Waals surface area contributed by atoms with Gasteiger partial charge < -0.3 is 14.9 Å². The Bertz CT molecular complexity index is 1270. The van der Waals surface area contributed by atoms with Gasteiger partial charge >= 0.3 is 0 Å². The zero-order valence-corrected chi connectivity index (χ0v) is 17.2. The predicted octanol–water partition coefficient (Wildman–Crippen LogP) is 3.74. The molecule has 0 saturated carbocycles. The summed E-state index contributed by atoms with van der Waals surface area (Å²) in [6, 6.07) is 14.0. The topological polar surface area (TPSA) is 100.0 Å². The first-order valence-electron chi connectivity index (χ1n) is 10.2. The number of aromatic nitrogens is 1. The van der Waals surface area contributed by atoms with Gasteiger partial charge in [0.15, 0.2) is 0 Å². The maximum absolute atomic E-state index is 13.1. The Labute approximate surface area is 184 Å². The zero-order valence-electron chi connectivity index (χ0n) is 17.2. The number of hydrogen-bond donors (Lipinski definition) is 2. The molecule has 1 fully saturated rings. The number of aliphatic hydroxyl groups is 1. The van der Waals surface area contributed by atoms with Crippen molar-refractivity contribution in [3.05, 3.63) is 89.3 Å². The van der Waals surface area contributed by atoms with Gasteiger partial charge in [-0.05, 0) is 54.4 Å². The number of pyridine rings is 1. The molecule has 1 saturated heterocycles. The van der Waals surface area contributed by atoms with Crippen LogP contribution in [-0.2, 0) is 16.0 Å². The van der Waals surface area contributed by atoms with Crippen LogP contribution in [0.4, 0.5) is 5.69 Å². The number of fused-ring (bicyclic) bond motifs is 1. The monoisotopic (exact) mass is 428 g/mol. The Morgan fingerprint density at radius 1 is 1.12 bits per heavy atom. The van der Waals surface area contributed by atoms with Gasteiger partial charge in [-0.15, -0.1) is 0 Å². The van der Waals surface area contributed by atoms with E-state index >= 15 is 0 Å². The molecule has 0 spiro atoms. The smallest absolute Gasteiger partial charge is 0.300 e. The minimum atomic E-state index is -0.944. The molecule has 7 heteroatoms. The molecule has 3 heterocycles. The molecule has 2 aliphatic heterocycles. The van der Waals surface area contributed by atoms with Crippen LogP contribution in [0.5, 0.6) is 11.5 Å². The molecule has 1 aromatic heterocycles. The van der Waals surface area contributed by atoms with Crippen LogP contribution < -0.4 is 9.64 Å². The molecule has 0 aliphatic carbocycles. The number of phenolic OH excluding ortho intramolecular Hbond substituents is 1. The molecule has 2 unspecified atom stereocenters. The van der Waals surface area contributed by atoms with Crippen LogP contribution in [0, 0.1) is 0 Å². The van der Waals surface area contributed by atoms with Gasteiger partial charge in [0.1, 0.15) is 23.4 Å². The summed E-state index contributed by atoms with van der Waals surface area (Å²) < 4.78 is 5.72. The number of anilines is 1. The summed E-state index contributed by atoms with van der Waals surface area (Å²) in [6.45, 7) is 1.96. The first-order valence-corrected chi connectivity index (χ1v) is 10.2. The molecule has 0 bridgehead atoms. The van der Waals surface area contributed by atoms with Crippen molar-refractivity contribution in [2.45, 2.75) is 25.5 Å². The Hall–Kier alpha value is -4.13. The zero-order chi connectivity index (χ0) is 22.4. The van der Waals surface area contributed by atoms with Crippen molar-refractivity contribution in [3.63, 3.8) is 0 Å². The first-order chi connectivity index (χ1) is 15.5. The van der Waals surface area contributed by atoms with Crippen molar-refractivity contribution in [2.24, 2.45) is 0 Å². The van der Waals surface area contributed by atoms with E-state index in [4.69, 9.17) is 4.74 Å². The van der Waals surface area contributed by atoms with Gasteiger partial charge in [0, 0.05) is 24.4 Å². The number of ether oxygens (including phenoxy) is 1. The molecule has 2 aromatic carbocycles. The molecule has 7 nitrogen and oxygen atoms in total. The third kappa shape index (κ3) is 3.10. The summed E-state index contributed by atoms with van der Waals surface area (Å²) in [7, 11) is 0. The number of nitrogens with zero attached hydrogens (tertiary/aromatic N) is 2. The van der Waals surface area contributed by atoms with Crippen LogP contribution in [-0.4, -0.2) is 33.0 Å². The van der Waals surface area contributed by atoms with Crippen LogP contribution in [0.3, 0.4) is 0 Å². The van der Waals surface area contributed by atoms with Gasteiger partial charge in [0.2, 0.25) is 0 Å². The van der Waals surface area contributed by atoms with Crippen molar-refractivity contribution in [3.8, 4) is 11.5 Å². The molecular weight excluding hydrogens is 408 g/mol. The van der Waals surface area contributed by atoms with Gasteiger partial charge in [-0.1, -0.05) is 18.2 Å². The highest BCUT2D eigenvalue weighted by atomic mass is 16.5. The Morgan fingerprint density at radius 3 is 2.69 bits per heavy atom. The summed E-state index contributed by atoms with van der Waals surface area (Å²) in [5, 5.41) is 21.6. The summed E-state index contributed by atoms with van der Waals surface area (Å²) in [5.74, 6) is -1.35. The lowest BCUT2D eigenvalue weighted by Crippen LogP contribution is -2.29. The molecule has 2 atom stereocenters. The second-order valence-corrected chi connectivity index (χ2v) is 7.90. The fourth-order valence-electron chi connectivity index (χ4n) is 4.33. The summed E-state index contributed by atoms with van der Waals surface area (Å²) >= 11 is 0. The number of carbonyl (C=O) groups is 2. The number of carbonyl (C=O) groups excluding carboxylic acids is 2. The van der Waals surface area contributed by atoms with Crippen molar-refractivity contribution in [1.82, 2.24) is 4.98 Å². The van der Waals surface area contributed by atoms with E-state index in [0.717, 1.165) is 11.3 Å². The van der Waals surface area contributed by atoms with Crippen LogP contribution in [0.25, 0.3) is 5.76 Å². The highest BCUT2D eigenvalue weighted by Crippen LogP contribution is 2.44. The lowest BCUT2D eigenvalue weighted by Gasteiger charge is -2.25. The van der Waals surface area contributed by atoms with E-state index in [0.29, 0.717) is 17.5 Å². The highest BCUT2D eigenvalue weighted by molar-refractivity contribution is 6.51. The van der Waals surface area contributed by atoms with E-state index in [1.165, 1.54) is 17.2 Å². The van der Waals surface area contributed by atoms with Crippen LogP contribution >= 0.6 is 0 Å². The molecule has 3 aromatic rings. The lowest BCUT2D eigenvalue weighted by molar-refractivity contribution is -0.132. The predicted molar refractivity (Wildman–Crippen MR) is 117 cm³/mol. The van der Waals surface area contributed by atoms with Gasteiger partial charge in [-0.25, -0.2) is 0 Å². The molecule has 160 valence electrons. The van der Waals surface area contributed by atoms with Gasteiger partial charge in [-0.2, -0.15) is 0 Å². The third-order valence-electron chi connectivity index (χ3n) is 5.76. The van der Waals surface area contributed by atoms with Crippen LogP contribution in [0.1, 0.15) is 29.7 Å². The Balaban J connectivity index is 1.70. The second kappa shape index (κ2) is 7.53. The van der Waals surface area contributed by atoms with Gasteiger partial charge in [0.05, 0.1) is 17.3 Å². The van der Waals surface area contributed by atoms with Crippen molar-refractivity contribution in [1.29, 1.82) is 0 Å². The maximum atomic E-state index is 13.1. The normalized spacial score (nSPS) is 21.5. The number of aromatic hydroxyl groups is 1. The largest absolute Gasteiger partial charge is 0.507 e. The molecular formula is C25H20N2O5. The minimum Gasteiger partial charge on any atom is -0.507 e. The number of phenols is 1. The fraction of sp³-hybridized carbons (Fsp3) is 0.160. The van der Waals surface area contributed by atoms with Crippen molar-refractivity contribution in [2.75, 3.05) is 4.90 Å². The van der Waals surface area contributed by atoms with Crippen molar-refractivity contribution < 1.29 is 24.5 Å². The molecule has 32 heavy (non-hydrogen) atoms. The quantitative estimate of drug-likeness (QED) is 0.375. The number of amides is 1. The van der Waals surface area contributed by atoms with Crippen molar-refractivity contribution >= 4 is 23.1 Å². The maximum Gasteiger partial charge on any atom is 0.300 e. The van der Waals surface area contributed by atoms with E-state index in [9.17, 15) is 19.8 Å². The number of hydrogen-bond acceptors (Lipinski definition) is 6. The average Bonchev–Trinajstić information content (AvgIpc) is 3.30. The summed E-state index contributed by atoms with van der Waals surface area (Å²) in [4.78, 5) is 31.6. The van der Waals surface area contributed by atoms with E-state index in [2.05, 4.69) is 4.98 Å². The fourth-order valence-corrected chi connectivity index (χ4v) is 4.33. The second-order valence-electron chi connectivity index (χ2n) is 7.90. The molecule has 5 rings (SSSR count). The number of ketones is 1. The summed E-state index contributed by atoms with van der Waals surface area (Å²) in [6.07, 6.45) is 3.84. The average molecular weight is 428 g/mol. The highest BCUT2D eigenvalue weighted by Gasteiger charge is 2.47. The third-order valence-corrected chi connectivity index (χ3v) is 5.76.